The Bertz CT molecular complexity index is 1010. The molecule has 1 N–H and O–H groups in total. The predicted octanol–water partition coefficient (Wildman–Crippen LogP) is 5.53. The highest BCUT2D eigenvalue weighted by Crippen LogP contribution is 2.27. The molecule has 170 valence electrons. The molecule has 0 unspecified atom stereocenters. The topological polar surface area (TPSA) is 60.7 Å². The first kappa shape index (κ1) is 23.5. The van der Waals surface area contributed by atoms with E-state index in [0.29, 0.717) is 32.1 Å². The molecule has 6 heteroatoms. The van der Waals surface area contributed by atoms with Crippen LogP contribution in [-0.4, -0.2) is 35.0 Å². The summed E-state index contributed by atoms with van der Waals surface area (Å²) in [5.41, 5.74) is 4.07. The number of carbonyl (C=O) groups is 1. The zero-order chi connectivity index (χ0) is 23.1. The summed E-state index contributed by atoms with van der Waals surface area (Å²) >= 11 is 0. The number of ether oxygens (including phenoxy) is 2. The molecule has 0 saturated carbocycles. The van der Waals surface area contributed by atoms with Gasteiger partial charge in [-0.1, -0.05) is 26.0 Å². The highest BCUT2D eigenvalue weighted by Gasteiger charge is 2.18. The van der Waals surface area contributed by atoms with Crippen LogP contribution in [-0.2, 0) is 22.5 Å². The van der Waals surface area contributed by atoms with Crippen molar-refractivity contribution in [2.75, 3.05) is 13.2 Å². The second kappa shape index (κ2) is 11.0. The van der Waals surface area contributed by atoms with Crippen molar-refractivity contribution >= 4 is 5.97 Å². The number of carboxylic acid groups (broad SMARTS) is 1. The minimum Gasteiger partial charge on any atom is -0.492 e. The lowest BCUT2D eigenvalue weighted by atomic mass is 10.1. The highest BCUT2D eigenvalue weighted by atomic mass is 19.1. The molecular formula is C26H30FNO4. The zero-order valence-electron chi connectivity index (χ0n) is 18.8. The van der Waals surface area contributed by atoms with Crippen molar-refractivity contribution in [3.05, 3.63) is 77.7 Å². The number of aromatic nitrogens is 1. The molecule has 0 aliphatic heterocycles. The van der Waals surface area contributed by atoms with Crippen LogP contribution in [0.3, 0.4) is 0 Å². The Hall–Kier alpha value is -3.12. The summed E-state index contributed by atoms with van der Waals surface area (Å²) in [7, 11) is 0. The molecule has 0 aliphatic carbocycles. The van der Waals surface area contributed by atoms with Gasteiger partial charge in [-0.3, -0.25) is 0 Å². The minimum atomic E-state index is -0.961. The van der Waals surface area contributed by atoms with Crippen LogP contribution in [0.2, 0.25) is 0 Å². The Balaban J connectivity index is 1.65. The standard InChI is InChI=1S/C26H30FNO4/c1-4-31-25(26(29)30)17-19-5-11-22(12-6-19)32-16-15-28-23(18(2)3)13-14-24(28)20-7-9-21(27)10-8-20/h5-14,18,25H,4,15-17H2,1-3H3,(H,29,30)/t25-/m1/s1. The van der Waals surface area contributed by atoms with E-state index in [2.05, 4.69) is 30.5 Å². The van der Waals surface area contributed by atoms with Gasteiger partial charge in [0.2, 0.25) is 0 Å². The van der Waals surface area contributed by atoms with Crippen molar-refractivity contribution in [2.24, 2.45) is 0 Å². The van der Waals surface area contributed by atoms with E-state index in [1.54, 1.807) is 19.1 Å². The number of hydrogen-bond acceptors (Lipinski definition) is 3. The fourth-order valence-electron chi connectivity index (χ4n) is 3.72. The normalized spacial score (nSPS) is 12.2. The molecule has 0 aliphatic rings. The Morgan fingerprint density at radius 3 is 2.31 bits per heavy atom. The maximum absolute atomic E-state index is 13.3. The van der Waals surface area contributed by atoms with Gasteiger partial charge < -0.3 is 19.1 Å². The fourth-order valence-corrected chi connectivity index (χ4v) is 3.72. The molecule has 5 nitrogen and oxygen atoms in total. The van der Waals surface area contributed by atoms with E-state index in [0.717, 1.165) is 22.6 Å². The van der Waals surface area contributed by atoms with Gasteiger partial charge in [0.05, 0.1) is 6.54 Å². The van der Waals surface area contributed by atoms with Crippen LogP contribution in [0.5, 0.6) is 5.75 Å². The van der Waals surface area contributed by atoms with Crippen molar-refractivity contribution in [1.82, 2.24) is 4.57 Å². The lowest BCUT2D eigenvalue weighted by Crippen LogP contribution is -2.26. The van der Waals surface area contributed by atoms with E-state index in [1.165, 1.54) is 17.8 Å². The predicted molar refractivity (Wildman–Crippen MR) is 123 cm³/mol. The number of carboxylic acids is 1. The highest BCUT2D eigenvalue weighted by molar-refractivity contribution is 5.72. The molecule has 3 rings (SSSR count). The van der Waals surface area contributed by atoms with Gasteiger partial charge in [0.25, 0.3) is 0 Å². The molecule has 0 radical (unpaired) electrons. The largest absolute Gasteiger partial charge is 0.492 e. The second-order valence-corrected chi connectivity index (χ2v) is 7.94. The number of hydrogen-bond donors (Lipinski definition) is 1. The smallest absolute Gasteiger partial charge is 0.333 e. The van der Waals surface area contributed by atoms with Crippen LogP contribution < -0.4 is 4.74 Å². The van der Waals surface area contributed by atoms with Gasteiger partial charge in [-0.15, -0.1) is 0 Å². The van der Waals surface area contributed by atoms with Crippen LogP contribution in [0.1, 0.15) is 37.9 Å². The summed E-state index contributed by atoms with van der Waals surface area (Å²) < 4.78 is 26.8. The van der Waals surface area contributed by atoms with Gasteiger partial charge in [-0.2, -0.15) is 0 Å². The molecule has 1 heterocycles. The van der Waals surface area contributed by atoms with E-state index < -0.39 is 12.1 Å². The fraction of sp³-hybridized carbons (Fsp3) is 0.346. The summed E-state index contributed by atoms with van der Waals surface area (Å²) in [6, 6.07) is 18.1. The Kier molecular flexibility index (Phi) is 8.06. The lowest BCUT2D eigenvalue weighted by molar-refractivity contribution is -0.149. The van der Waals surface area contributed by atoms with Gasteiger partial charge in [-0.05, 0) is 72.5 Å². The van der Waals surface area contributed by atoms with E-state index in [9.17, 15) is 14.3 Å². The average molecular weight is 440 g/mol. The molecular weight excluding hydrogens is 409 g/mol. The molecule has 0 saturated heterocycles. The van der Waals surface area contributed by atoms with Gasteiger partial charge >= 0.3 is 5.97 Å². The first-order valence-corrected chi connectivity index (χ1v) is 10.9. The monoisotopic (exact) mass is 439 g/mol. The Labute approximate surface area is 188 Å². The first-order chi connectivity index (χ1) is 15.4. The number of halogens is 1. The second-order valence-electron chi connectivity index (χ2n) is 7.94. The zero-order valence-corrected chi connectivity index (χ0v) is 18.8. The van der Waals surface area contributed by atoms with Crippen LogP contribution >= 0.6 is 0 Å². The maximum atomic E-state index is 13.3. The summed E-state index contributed by atoms with van der Waals surface area (Å²) in [5, 5.41) is 9.24. The number of nitrogens with zero attached hydrogens (tertiary/aromatic N) is 1. The van der Waals surface area contributed by atoms with E-state index in [-0.39, 0.29) is 5.82 Å². The average Bonchev–Trinajstić information content (AvgIpc) is 3.19. The van der Waals surface area contributed by atoms with Gasteiger partial charge in [-0.25, -0.2) is 9.18 Å². The quantitative estimate of drug-likeness (QED) is 0.427. The van der Waals surface area contributed by atoms with E-state index in [4.69, 9.17) is 9.47 Å². The molecule has 1 aromatic heterocycles. The lowest BCUT2D eigenvalue weighted by Gasteiger charge is -2.17. The summed E-state index contributed by atoms with van der Waals surface area (Å²) in [4.78, 5) is 11.3. The molecule has 0 fully saturated rings. The number of benzene rings is 2. The van der Waals surface area contributed by atoms with Crippen molar-refractivity contribution in [1.29, 1.82) is 0 Å². The summed E-state index contributed by atoms with van der Waals surface area (Å²) in [5.74, 6) is -0.148. The first-order valence-electron chi connectivity index (χ1n) is 10.9. The molecule has 1 atom stereocenters. The van der Waals surface area contributed by atoms with Crippen LogP contribution in [0.15, 0.2) is 60.7 Å². The van der Waals surface area contributed by atoms with E-state index in [1.807, 2.05) is 24.3 Å². The summed E-state index contributed by atoms with van der Waals surface area (Å²) in [6.07, 6.45) is -0.536. The summed E-state index contributed by atoms with van der Waals surface area (Å²) in [6.45, 7) is 7.55. The van der Waals surface area contributed by atoms with E-state index >= 15 is 0 Å². The van der Waals surface area contributed by atoms with Crippen molar-refractivity contribution in [2.45, 2.75) is 45.8 Å². The van der Waals surface area contributed by atoms with Crippen LogP contribution in [0.25, 0.3) is 11.3 Å². The molecule has 0 bridgehead atoms. The number of aliphatic carboxylic acids is 1. The van der Waals surface area contributed by atoms with Crippen molar-refractivity contribution in [3.63, 3.8) is 0 Å². The molecule has 32 heavy (non-hydrogen) atoms. The molecule has 3 aromatic rings. The Morgan fingerprint density at radius 1 is 1.03 bits per heavy atom. The SMILES string of the molecule is CCO[C@H](Cc1ccc(OCCn2c(-c3ccc(F)cc3)ccc2C(C)C)cc1)C(=O)O. The molecule has 2 aromatic carbocycles. The molecule has 0 spiro atoms. The maximum Gasteiger partial charge on any atom is 0.333 e. The number of rotatable bonds is 11. The van der Waals surface area contributed by atoms with Crippen molar-refractivity contribution in [3.8, 4) is 17.0 Å². The minimum absolute atomic E-state index is 0.251. The Morgan fingerprint density at radius 2 is 1.72 bits per heavy atom. The third-order valence-electron chi connectivity index (χ3n) is 5.32. The molecule has 0 amide bonds. The van der Waals surface area contributed by atoms with Gasteiger partial charge in [0.15, 0.2) is 6.10 Å². The van der Waals surface area contributed by atoms with Crippen molar-refractivity contribution < 1.29 is 23.8 Å². The van der Waals surface area contributed by atoms with Crippen LogP contribution in [0, 0.1) is 5.82 Å². The van der Waals surface area contributed by atoms with Crippen LogP contribution in [0.4, 0.5) is 4.39 Å². The third-order valence-corrected chi connectivity index (χ3v) is 5.32. The van der Waals surface area contributed by atoms with Gasteiger partial charge in [0, 0.05) is 24.4 Å². The van der Waals surface area contributed by atoms with Gasteiger partial charge in [0.1, 0.15) is 18.2 Å². The third kappa shape index (κ3) is 5.98.